The number of hydrogen-bond acceptors (Lipinski definition) is 4. The van der Waals surface area contributed by atoms with E-state index < -0.39 is 18.1 Å². The number of allylic oxidation sites excluding steroid dienone is 2. The van der Waals surface area contributed by atoms with Gasteiger partial charge >= 0.3 is 0 Å². The van der Waals surface area contributed by atoms with Crippen LogP contribution in [0.3, 0.4) is 0 Å². The quantitative estimate of drug-likeness (QED) is 0.519. The molecule has 1 rings (SSSR count). The van der Waals surface area contributed by atoms with Crippen molar-refractivity contribution in [3.63, 3.8) is 0 Å². The summed E-state index contributed by atoms with van der Waals surface area (Å²) in [5.74, 6) is -0.815. The Labute approximate surface area is 108 Å². The van der Waals surface area contributed by atoms with Gasteiger partial charge in [-0.25, -0.2) is 0 Å². The first-order chi connectivity index (χ1) is 8.43. The molecule has 3 unspecified atom stereocenters. The fourth-order valence-corrected chi connectivity index (χ4v) is 2.38. The Morgan fingerprint density at radius 1 is 1.17 bits per heavy atom. The van der Waals surface area contributed by atoms with Crippen LogP contribution < -0.4 is 0 Å². The molecule has 0 aromatic carbocycles. The van der Waals surface area contributed by atoms with Crippen LogP contribution in [0.15, 0.2) is 11.8 Å². The van der Waals surface area contributed by atoms with E-state index in [1.165, 1.54) is 19.4 Å². The van der Waals surface area contributed by atoms with E-state index in [-0.39, 0.29) is 17.5 Å². The average Bonchev–Trinajstić information content (AvgIpc) is 2.37. The van der Waals surface area contributed by atoms with Crippen LogP contribution in [-0.4, -0.2) is 33.3 Å². The van der Waals surface area contributed by atoms with Gasteiger partial charge in [-0.2, -0.15) is 0 Å². The molecule has 1 saturated carbocycles. The summed E-state index contributed by atoms with van der Waals surface area (Å²) in [6.45, 7) is 3.00. The number of ketones is 1. The average molecular weight is 256 g/mol. The van der Waals surface area contributed by atoms with Crippen molar-refractivity contribution in [3.05, 3.63) is 11.8 Å². The molecule has 0 aromatic heterocycles. The minimum absolute atomic E-state index is 0.0820. The number of rotatable bonds is 5. The lowest BCUT2D eigenvalue weighted by Crippen LogP contribution is -2.34. The van der Waals surface area contributed by atoms with Crippen LogP contribution in [0.1, 0.15) is 46.0 Å². The first-order valence-corrected chi connectivity index (χ1v) is 6.74. The monoisotopic (exact) mass is 256 g/mol. The zero-order valence-corrected chi connectivity index (χ0v) is 11.2. The molecule has 0 aromatic rings. The Hall–Kier alpha value is -0.870. The van der Waals surface area contributed by atoms with Crippen molar-refractivity contribution in [2.24, 2.45) is 11.8 Å². The molecular weight excluding hydrogens is 232 g/mol. The molecule has 3 atom stereocenters. The Kier molecular flexibility index (Phi) is 5.82. The minimum Gasteiger partial charge on any atom is -0.512 e. The van der Waals surface area contributed by atoms with Crippen LogP contribution in [0, 0.1) is 11.8 Å². The molecule has 1 aliphatic rings. The standard InChI is InChI=1S/C14H24O4/c1-9(14(18)10(2)15)12(16)8-13(17)11-6-4-3-5-7-11/h8-11,14-15,17-18H,3-7H2,1-2H3/b13-8-. The highest BCUT2D eigenvalue weighted by Crippen LogP contribution is 2.28. The summed E-state index contributed by atoms with van der Waals surface area (Å²) in [5.41, 5.74) is 0. The van der Waals surface area contributed by atoms with E-state index in [4.69, 9.17) is 0 Å². The fraction of sp³-hybridized carbons (Fsp3) is 0.786. The number of carbonyl (C=O) groups is 1. The Bertz CT molecular complexity index is 303. The third-order valence-electron chi connectivity index (χ3n) is 3.77. The zero-order chi connectivity index (χ0) is 13.7. The summed E-state index contributed by atoms with van der Waals surface area (Å²) in [4.78, 5) is 11.8. The van der Waals surface area contributed by atoms with Gasteiger partial charge in [0, 0.05) is 17.9 Å². The van der Waals surface area contributed by atoms with Gasteiger partial charge in [-0.15, -0.1) is 0 Å². The number of hydrogen-bond donors (Lipinski definition) is 3. The normalized spacial score (nSPS) is 23.4. The lowest BCUT2D eigenvalue weighted by Gasteiger charge is -2.22. The van der Waals surface area contributed by atoms with Crippen molar-refractivity contribution in [1.82, 2.24) is 0 Å². The van der Waals surface area contributed by atoms with Crippen LogP contribution >= 0.6 is 0 Å². The van der Waals surface area contributed by atoms with Crippen LogP contribution in [0.25, 0.3) is 0 Å². The Balaban J connectivity index is 2.60. The van der Waals surface area contributed by atoms with Crippen LogP contribution in [0.4, 0.5) is 0 Å². The predicted molar refractivity (Wildman–Crippen MR) is 69.1 cm³/mol. The topological polar surface area (TPSA) is 77.8 Å². The van der Waals surface area contributed by atoms with Gasteiger partial charge in [0.15, 0.2) is 5.78 Å². The van der Waals surface area contributed by atoms with Gasteiger partial charge in [0.25, 0.3) is 0 Å². The minimum atomic E-state index is -1.09. The van der Waals surface area contributed by atoms with Crippen molar-refractivity contribution in [2.75, 3.05) is 0 Å². The first-order valence-electron chi connectivity index (χ1n) is 6.74. The highest BCUT2D eigenvalue weighted by atomic mass is 16.3. The Morgan fingerprint density at radius 3 is 2.22 bits per heavy atom. The number of carbonyl (C=O) groups excluding carboxylic acids is 1. The maximum absolute atomic E-state index is 11.8. The summed E-state index contributed by atoms with van der Waals surface area (Å²) < 4.78 is 0. The van der Waals surface area contributed by atoms with Gasteiger partial charge in [-0.3, -0.25) is 4.79 Å². The molecule has 4 heteroatoms. The summed E-state index contributed by atoms with van der Waals surface area (Å²) in [6, 6.07) is 0. The van der Waals surface area contributed by atoms with Crippen molar-refractivity contribution in [3.8, 4) is 0 Å². The molecule has 0 amide bonds. The lowest BCUT2D eigenvalue weighted by atomic mass is 9.86. The number of aliphatic hydroxyl groups excluding tert-OH is 3. The van der Waals surface area contributed by atoms with Crippen molar-refractivity contribution >= 4 is 5.78 Å². The molecule has 0 heterocycles. The largest absolute Gasteiger partial charge is 0.512 e. The van der Waals surface area contributed by atoms with Gasteiger partial charge in [-0.05, 0) is 19.8 Å². The first kappa shape index (κ1) is 15.2. The molecule has 0 spiro atoms. The van der Waals surface area contributed by atoms with Gasteiger partial charge in [0.1, 0.15) is 0 Å². The molecular formula is C14H24O4. The van der Waals surface area contributed by atoms with Crippen molar-refractivity contribution in [1.29, 1.82) is 0 Å². The summed E-state index contributed by atoms with van der Waals surface area (Å²) >= 11 is 0. The summed E-state index contributed by atoms with van der Waals surface area (Å²) in [6.07, 6.45) is 4.39. The second kappa shape index (κ2) is 6.90. The maximum Gasteiger partial charge on any atom is 0.164 e. The van der Waals surface area contributed by atoms with Crippen LogP contribution in [0.2, 0.25) is 0 Å². The summed E-state index contributed by atoms with van der Waals surface area (Å²) in [7, 11) is 0. The van der Waals surface area contributed by atoms with Gasteiger partial charge in [0.05, 0.1) is 18.0 Å². The van der Waals surface area contributed by atoms with E-state index in [0.717, 1.165) is 25.7 Å². The van der Waals surface area contributed by atoms with E-state index in [1.54, 1.807) is 6.92 Å². The molecule has 0 bridgehead atoms. The fourth-order valence-electron chi connectivity index (χ4n) is 2.38. The van der Waals surface area contributed by atoms with E-state index in [1.807, 2.05) is 0 Å². The molecule has 0 saturated heterocycles. The van der Waals surface area contributed by atoms with Gasteiger partial charge in [-0.1, -0.05) is 26.2 Å². The Morgan fingerprint density at radius 2 is 1.72 bits per heavy atom. The van der Waals surface area contributed by atoms with E-state index >= 15 is 0 Å². The molecule has 3 N–H and O–H groups in total. The molecule has 1 aliphatic carbocycles. The van der Waals surface area contributed by atoms with Crippen LogP contribution in [-0.2, 0) is 4.79 Å². The number of aliphatic hydroxyl groups is 3. The molecule has 4 nitrogen and oxygen atoms in total. The van der Waals surface area contributed by atoms with E-state index in [9.17, 15) is 20.1 Å². The maximum atomic E-state index is 11.8. The van der Waals surface area contributed by atoms with E-state index in [2.05, 4.69) is 0 Å². The molecule has 0 aliphatic heterocycles. The highest BCUT2D eigenvalue weighted by molar-refractivity contribution is 5.92. The molecule has 1 fully saturated rings. The molecule has 104 valence electrons. The smallest absolute Gasteiger partial charge is 0.164 e. The SMILES string of the molecule is CC(O)C(O)C(C)C(=O)/C=C(\O)C1CCCCC1. The van der Waals surface area contributed by atoms with E-state index in [0.29, 0.717) is 0 Å². The van der Waals surface area contributed by atoms with Gasteiger partial charge < -0.3 is 15.3 Å². The van der Waals surface area contributed by atoms with Crippen LogP contribution in [0.5, 0.6) is 0 Å². The second-order valence-corrected chi connectivity index (χ2v) is 5.33. The second-order valence-electron chi connectivity index (χ2n) is 5.33. The zero-order valence-electron chi connectivity index (χ0n) is 11.2. The van der Waals surface area contributed by atoms with Gasteiger partial charge in [0.2, 0.25) is 0 Å². The third-order valence-corrected chi connectivity index (χ3v) is 3.77. The predicted octanol–water partition coefficient (Wildman–Crippen LogP) is 1.96. The molecule has 0 radical (unpaired) electrons. The lowest BCUT2D eigenvalue weighted by molar-refractivity contribution is -0.123. The summed E-state index contributed by atoms with van der Waals surface area (Å²) in [5, 5.41) is 28.8. The molecule has 18 heavy (non-hydrogen) atoms. The highest BCUT2D eigenvalue weighted by Gasteiger charge is 2.26. The van der Waals surface area contributed by atoms with Crippen molar-refractivity contribution < 1.29 is 20.1 Å². The van der Waals surface area contributed by atoms with Crippen molar-refractivity contribution in [2.45, 2.75) is 58.2 Å². The third kappa shape index (κ3) is 4.10.